The number of rotatable bonds is 8. The van der Waals surface area contributed by atoms with Crippen LogP contribution in [-0.2, 0) is 6.11 Å². The molecule has 4 rings (SSSR count). The van der Waals surface area contributed by atoms with E-state index in [0.29, 0.717) is 5.92 Å². The van der Waals surface area contributed by atoms with Gasteiger partial charge in [0.05, 0.1) is 5.56 Å². The number of hydrogen-bond donors (Lipinski definition) is 0. The van der Waals surface area contributed by atoms with Crippen molar-refractivity contribution in [1.82, 2.24) is 0 Å². The van der Waals surface area contributed by atoms with E-state index in [1.54, 1.807) is 12.1 Å². The van der Waals surface area contributed by atoms with Gasteiger partial charge in [-0.3, -0.25) is 0 Å². The first-order valence-corrected chi connectivity index (χ1v) is 11.9. The summed E-state index contributed by atoms with van der Waals surface area (Å²) >= 11 is 0. The highest BCUT2D eigenvalue weighted by Crippen LogP contribution is 2.41. The average Bonchev–Trinajstić information content (AvgIpc) is 2.86. The zero-order chi connectivity index (χ0) is 25.9. The van der Waals surface area contributed by atoms with Gasteiger partial charge in [0.25, 0.3) is 0 Å². The molecule has 192 valence electrons. The van der Waals surface area contributed by atoms with Crippen LogP contribution in [0.2, 0.25) is 0 Å². The first kappa shape index (κ1) is 25.9. The van der Waals surface area contributed by atoms with Gasteiger partial charge >= 0.3 is 12.7 Å². The fraction of sp³-hybridized carbons (Fsp3) is 0.357. The number of hydrogen-bond acceptors (Lipinski definition) is 2. The van der Waals surface area contributed by atoms with Crippen LogP contribution in [-0.4, -0.2) is 6.61 Å². The van der Waals surface area contributed by atoms with Gasteiger partial charge in [-0.25, -0.2) is 8.78 Å². The summed E-state index contributed by atoms with van der Waals surface area (Å²) in [5.41, 5.74) is 0.446. The molecule has 2 nitrogen and oxygen atoms in total. The third-order valence-electron chi connectivity index (χ3n) is 6.78. The van der Waals surface area contributed by atoms with E-state index >= 15 is 8.78 Å². The summed E-state index contributed by atoms with van der Waals surface area (Å²) in [5, 5.41) is 0. The number of halogens is 6. The molecule has 0 saturated heterocycles. The van der Waals surface area contributed by atoms with Crippen molar-refractivity contribution in [1.29, 1.82) is 0 Å². The summed E-state index contributed by atoms with van der Waals surface area (Å²) in [6, 6.07) is 13.0. The van der Waals surface area contributed by atoms with Crippen LogP contribution in [0.1, 0.15) is 56.1 Å². The van der Waals surface area contributed by atoms with E-state index in [4.69, 9.17) is 4.74 Å². The maximum atomic E-state index is 15.1. The lowest BCUT2D eigenvalue weighted by Crippen LogP contribution is -2.22. The Morgan fingerprint density at radius 2 is 1.50 bits per heavy atom. The van der Waals surface area contributed by atoms with Gasteiger partial charge in [0, 0.05) is 5.56 Å². The van der Waals surface area contributed by atoms with Gasteiger partial charge < -0.3 is 9.47 Å². The van der Waals surface area contributed by atoms with Crippen molar-refractivity contribution >= 4 is 0 Å². The predicted octanol–water partition coefficient (Wildman–Crippen LogP) is 9.05. The Balaban J connectivity index is 1.55. The SMILES string of the molecule is CC[C@H]1CC[C@H](c2ccc(C(F)(F)Oc3ccccc3-c3cc(F)c(OC(F)F)c(F)c3)cc2)CC1. The van der Waals surface area contributed by atoms with E-state index in [2.05, 4.69) is 11.7 Å². The van der Waals surface area contributed by atoms with Crippen molar-refractivity contribution in [2.24, 2.45) is 5.92 Å². The van der Waals surface area contributed by atoms with Crippen LogP contribution in [0.4, 0.5) is 26.3 Å². The summed E-state index contributed by atoms with van der Waals surface area (Å²) in [6.45, 7) is -1.24. The Kier molecular flexibility index (Phi) is 7.81. The van der Waals surface area contributed by atoms with Crippen LogP contribution in [0.15, 0.2) is 60.7 Å². The molecule has 1 aliphatic rings. The van der Waals surface area contributed by atoms with Crippen LogP contribution in [0, 0.1) is 17.6 Å². The lowest BCUT2D eigenvalue weighted by molar-refractivity contribution is -0.185. The topological polar surface area (TPSA) is 18.5 Å². The number of para-hydroxylation sites is 1. The van der Waals surface area contributed by atoms with Crippen LogP contribution in [0.3, 0.4) is 0 Å². The zero-order valence-electron chi connectivity index (χ0n) is 19.6. The van der Waals surface area contributed by atoms with Crippen molar-refractivity contribution in [3.8, 4) is 22.6 Å². The van der Waals surface area contributed by atoms with Gasteiger partial charge in [0.2, 0.25) is 0 Å². The Bertz CT molecular complexity index is 1150. The monoisotopic (exact) mass is 508 g/mol. The molecule has 1 fully saturated rings. The molecule has 0 heterocycles. The fourth-order valence-electron chi connectivity index (χ4n) is 4.76. The molecule has 0 radical (unpaired) electrons. The minimum Gasteiger partial charge on any atom is -0.429 e. The fourth-order valence-corrected chi connectivity index (χ4v) is 4.76. The highest BCUT2D eigenvalue weighted by molar-refractivity contribution is 5.71. The predicted molar refractivity (Wildman–Crippen MR) is 124 cm³/mol. The number of alkyl halides is 4. The van der Waals surface area contributed by atoms with E-state index in [1.165, 1.54) is 36.4 Å². The smallest absolute Gasteiger partial charge is 0.426 e. The van der Waals surface area contributed by atoms with E-state index in [0.717, 1.165) is 55.7 Å². The highest BCUT2D eigenvalue weighted by Gasteiger charge is 2.36. The number of ether oxygens (including phenoxy) is 2. The van der Waals surface area contributed by atoms with Crippen molar-refractivity contribution in [3.05, 3.63) is 83.4 Å². The van der Waals surface area contributed by atoms with Gasteiger partial charge in [-0.1, -0.05) is 43.7 Å². The maximum absolute atomic E-state index is 15.1. The average molecular weight is 509 g/mol. The molecule has 1 saturated carbocycles. The van der Waals surface area contributed by atoms with Crippen LogP contribution in [0.5, 0.6) is 11.5 Å². The Labute approximate surface area is 205 Å². The molecule has 8 heteroatoms. The van der Waals surface area contributed by atoms with Gasteiger partial charge in [-0.2, -0.15) is 17.6 Å². The first-order chi connectivity index (χ1) is 17.2. The quantitative estimate of drug-likeness (QED) is 0.283. The molecule has 1 aliphatic carbocycles. The largest absolute Gasteiger partial charge is 0.429 e. The lowest BCUT2D eigenvalue weighted by Gasteiger charge is -2.28. The molecule has 0 aromatic heterocycles. The minimum absolute atomic E-state index is 0.0390. The molecule has 0 amide bonds. The van der Waals surface area contributed by atoms with Gasteiger partial charge in [0.15, 0.2) is 17.4 Å². The second kappa shape index (κ2) is 10.8. The second-order valence-corrected chi connectivity index (χ2v) is 9.01. The minimum atomic E-state index is -3.73. The van der Waals surface area contributed by atoms with Crippen LogP contribution in [0.25, 0.3) is 11.1 Å². The van der Waals surface area contributed by atoms with Crippen molar-refractivity contribution in [2.45, 2.75) is 57.7 Å². The second-order valence-electron chi connectivity index (χ2n) is 9.01. The Hall–Kier alpha value is -3.16. The molecular formula is C28H26F6O2. The van der Waals surface area contributed by atoms with Crippen molar-refractivity contribution < 1.29 is 35.8 Å². The summed E-state index contributed by atoms with van der Waals surface area (Å²) in [4.78, 5) is 0. The van der Waals surface area contributed by atoms with Crippen LogP contribution < -0.4 is 9.47 Å². The van der Waals surface area contributed by atoms with Crippen molar-refractivity contribution in [3.63, 3.8) is 0 Å². The third kappa shape index (κ3) is 5.79. The summed E-state index contributed by atoms with van der Waals surface area (Å²) in [5.74, 6) is -3.29. The Morgan fingerprint density at radius 1 is 0.889 bits per heavy atom. The summed E-state index contributed by atoms with van der Waals surface area (Å²) in [6.07, 6.45) is 1.76. The first-order valence-electron chi connectivity index (χ1n) is 11.9. The molecule has 36 heavy (non-hydrogen) atoms. The van der Waals surface area contributed by atoms with Gasteiger partial charge in [0.1, 0.15) is 5.75 Å². The maximum Gasteiger partial charge on any atom is 0.426 e. The zero-order valence-corrected chi connectivity index (χ0v) is 19.6. The molecule has 0 spiro atoms. The normalized spacial score (nSPS) is 18.3. The molecule has 3 aromatic rings. The third-order valence-corrected chi connectivity index (χ3v) is 6.78. The van der Waals surface area contributed by atoms with Gasteiger partial charge in [-0.05, 0) is 79.0 Å². The van der Waals surface area contributed by atoms with Crippen LogP contribution >= 0.6 is 0 Å². The summed E-state index contributed by atoms with van der Waals surface area (Å²) < 4.78 is 92.4. The molecule has 0 atom stereocenters. The molecular weight excluding hydrogens is 482 g/mol. The molecule has 0 N–H and O–H groups in total. The molecule has 3 aromatic carbocycles. The number of benzene rings is 3. The highest BCUT2D eigenvalue weighted by atomic mass is 19.3. The van der Waals surface area contributed by atoms with E-state index in [-0.39, 0.29) is 22.4 Å². The van der Waals surface area contributed by atoms with E-state index in [9.17, 15) is 17.6 Å². The van der Waals surface area contributed by atoms with E-state index < -0.39 is 30.1 Å². The summed E-state index contributed by atoms with van der Waals surface area (Å²) in [7, 11) is 0. The molecule has 0 unspecified atom stereocenters. The van der Waals surface area contributed by atoms with Gasteiger partial charge in [-0.15, -0.1) is 0 Å². The van der Waals surface area contributed by atoms with Crippen molar-refractivity contribution in [2.75, 3.05) is 0 Å². The standard InChI is InChI=1S/C28H26F6O2/c1-2-17-7-9-18(10-8-17)19-11-13-21(14-12-19)28(33,34)36-25-6-4-3-5-22(25)20-15-23(29)26(24(30)16-20)35-27(31)32/h3-6,11-18,27H,2,7-10H2,1H3/t17-,18-. The lowest BCUT2D eigenvalue weighted by atomic mass is 9.78. The molecule has 0 bridgehead atoms. The Morgan fingerprint density at radius 3 is 2.08 bits per heavy atom. The molecule has 0 aliphatic heterocycles. The van der Waals surface area contributed by atoms with E-state index in [1.807, 2.05) is 0 Å².